The summed E-state index contributed by atoms with van der Waals surface area (Å²) in [6, 6.07) is 4.44. The first-order valence-corrected chi connectivity index (χ1v) is 11.6. The lowest BCUT2D eigenvalue weighted by Gasteiger charge is -2.33. The van der Waals surface area contributed by atoms with Crippen molar-refractivity contribution in [1.29, 1.82) is 0 Å². The van der Waals surface area contributed by atoms with E-state index in [2.05, 4.69) is 15.2 Å². The van der Waals surface area contributed by atoms with Gasteiger partial charge in [-0.15, -0.1) is 0 Å². The molecule has 2 N–H and O–H groups in total. The van der Waals surface area contributed by atoms with E-state index in [0.717, 1.165) is 63.5 Å². The third kappa shape index (κ3) is 4.09. The lowest BCUT2D eigenvalue weighted by molar-refractivity contribution is -0.110. The molecule has 3 aliphatic heterocycles. The molecule has 0 saturated carbocycles. The minimum Gasteiger partial charge on any atom is -0.379 e. The van der Waals surface area contributed by atoms with E-state index in [9.17, 15) is 14.0 Å². The molecule has 1 atom stereocenters. The maximum Gasteiger partial charge on any atom is 0.256 e. The Bertz CT molecular complexity index is 1130. The minimum absolute atomic E-state index is 0.0315. The smallest absolute Gasteiger partial charge is 0.256 e. The maximum absolute atomic E-state index is 13.8. The van der Waals surface area contributed by atoms with Gasteiger partial charge in [-0.3, -0.25) is 14.5 Å². The molecule has 2 aromatic rings. The number of H-pyrrole nitrogens is 1. The lowest BCUT2D eigenvalue weighted by atomic mass is 10.0. The number of carbonyl (C=O) groups excluding carboxylic acids is 2. The van der Waals surface area contributed by atoms with Crippen LogP contribution in [0, 0.1) is 19.7 Å². The van der Waals surface area contributed by atoms with E-state index in [1.54, 1.807) is 12.1 Å². The number of carbonyl (C=O) groups is 2. The van der Waals surface area contributed by atoms with Crippen molar-refractivity contribution in [1.82, 2.24) is 14.8 Å². The summed E-state index contributed by atoms with van der Waals surface area (Å²) in [5.74, 6) is -0.643. The average molecular weight is 453 g/mol. The van der Waals surface area contributed by atoms with Crippen molar-refractivity contribution >= 4 is 29.2 Å². The van der Waals surface area contributed by atoms with E-state index < -0.39 is 5.82 Å². The summed E-state index contributed by atoms with van der Waals surface area (Å²) in [5, 5.41) is 2.77. The quantitative estimate of drug-likeness (QED) is 0.699. The standard InChI is InChI=1S/C25H29FN4O3/c1-15-22(13-20-19-12-17(26)5-6-21(19)28-24(20)31)27-16(2)23(15)25(32)30-7-3-4-18(30)14-29-8-10-33-11-9-29/h5-6,12-13,18,27H,3-4,7-11,14H2,1-2H3,(H,28,31)/t18-/m1/s1. The van der Waals surface area contributed by atoms with Gasteiger partial charge in [-0.1, -0.05) is 0 Å². The Hall–Kier alpha value is -2.97. The summed E-state index contributed by atoms with van der Waals surface area (Å²) in [6.07, 6.45) is 3.72. The predicted octanol–water partition coefficient (Wildman–Crippen LogP) is 3.20. The van der Waals surface area contributed by atoms with Crippen LogP contribution in [0.2, 0.25) is 0 Å². The number of aromatic nitrogens is 1. The van der Waals surface area contributed by atoms with Crippen LogP contribution in [-0.2, 0) is 9.53 Å². The molecule has 0 radical (unpaired) electrons. The van der Waals surface area contributed by atoms with E-state index in [4.69, 9.17) is 4.74 Å². The largest absolute Gasteiger partial charge is 0.379 e. The van der Waals surface area contributed by atoms with Crippen LogP contribution in [0.1, 0.15) is 45.7 Å². The predicted molar refractivity (Wildman–Crippen MR) is 124 cm³/mol. The van der Waals surface area contributed by atoms with Crippen LogP contribution in [0.3, 0.4) is 0 Å². The number of halogens is 1. The SMILES string of the molecule is Cc1[nH]c(C=C2C(=O)Nc3ccc(F)cc32)c(C)c1C(=O)N1CCC[C@@H]1CN1CCOCC1. The summed E-state index contributed by atoms with van der Waals surface area (Å²) in [6.45, 7) is 8.71. The Labute approximate surface area is 192 Å². The van der Waals surface area contributed by atoms with E-state index in [0.29, 0.717) is 28.1 Å². The molecule has 2 amide bonds. The molecular weight excluding hydrogens is 423 g/mol. The fourth-order valence-electron chi connectivity index (χ4n) is 5.21. The average Bonchev–Trinajstić information content (AvgIpc) is 3.45. The second-order valence-electron chi connectivity index (χ2n) is 9.07. The molecular formula is C25H29FN4O3. The summed E-state index contributed by atoms with van der Waals surface area (Å²) in [5.41, 5.74) is 4.45. The Morgan fingerprint density at radius 1 is 1.24 bits per heavy atom. The molecule has 0 spiro atoms. The highest BCUT2D eigenvalue weighted by Gasteiger charge is 2.33. The van der Waals surface area contributed by atoms with Crippen molar-refractivity contribution in [3.8, 4) is 0 Å². The zero-order chi connectivity index (χ0) is 23.1. The van der Waals surface area contributed by atoms with E-state index in [-0.39, 0.29) is 17.9 Å². The van der Waals surface area contributed by atoms with Crippen molar-refractivity contribution in [3.63, 3.8) is 0 Å². The van der Waals surface area contributed by atoms with Crippen LogP contribution in [0.5, 0.6) is 0 Å². The third-order valence-electron chi connectivity index (χ3n) is 6.95. The number of fused-ring (bicyclic) bond motifs is 1. The highest BCUT2D eigenvalue weighted by atomic mass is 19.1. The number of nitrogens with zero attached hydrogens (tertiary/aromatic N) is 2. The second-order valence-corrected chi connectivity index (χ2v) is 9.07. The number of hydrogen-bond acceptors (Lipinski definition) is 4. The first-order valence-electron chi connectivity index (χ1n) is 11.6. The van der Waals surface area contributed by atoms with Crippen LogP contribution in [0.25, 0.3) is 11.6 Å². The lowest BCUT2D eigenvalue weighted by Crippen LogP contribution is -2.46. The molecule has 8 heteroatoms. The van der Waals surface area contributed by atoms with Crippen LogP contribution < -0.4 is 5.32 Å². The van der Waals surface area contributed by atoms with Gasteiger partial charge in [0.1, 0.15) is 5.82 Å². The molecule has 174 valence electrons. The van der Waals surface area contributed by atoms with Gasteiger partial charge in [0.05, 0.1) is 24.4 Å². The van der Waals surface area contributed by atoms with Gasteiger partial charge in [0.2, 0.25) is 0 Å². The number of rotatable bonds is 4. The number of morpholine rings is 1. The Morgan fingerprint density at radius 2 is 2.03 bits per heavy atom. The zero-order valence-corrected chi connectivity index (χ0v) is 19.0. The number of aromatic amines is 1. The van der Waals surface area contributed by atoms with Crippen molar-refractivity contribution in [2.75, 3.05) is 44.7 Å². The molecule has 1 aromatic carbocycles. The molecule has 2 saturated heterocycles. The van der Waals surface area contributed by atoms with Gasteiger partial charge in [0.25, 0.3) is 11.8 Å². The van der Waals surface area contributed by atoms with Crippen molar-refractivity contribution in [2.45, 2.75) is 32.7 Å². The van der Waals surface area contributed by atoms with Crippen LogP contribution in [0.4, 0.5) is 10.1 Å². The van der Waals surface area contributed by atoms with Crippen LogP contribution >= 0.6 is 0 Å². The normalized spacial score (nSPS) is 22.2. The second kappa shape index (κ2) is 8.76. The highest BCUT2D eigenvalue weighted by Crippen LogP contribution is 2.35. The summed E-state index contributed by atoms with van der Waals surface area (Å²) >= 11 is 0. The molecule has 33 heavy (non-hydrogen) atoms. The monoisotopic (exact) mass is 452 g/mol. The van der Waals surface area contributed by atoms with Gasteiger partial charge in [0.15, 0.2) is 0 Å². The van der Waals surface area contributed by atoms with Gasteiger partial charge in [-0.05, 0) is 56.5 Å². The minimum atomic E-state index is -0.397. The van der Waals surface area contributed by atoms with Gasteiger partial charge in [-0.2, -0.15) is 0 Å². The molecule has 1 aromatic heterocycles. The number of nitrogens with one attached hydrogen (secondary N) is 2. The molecule has 7 nitrogen and oxygen atoms in total. The van der Waals surface area contributed by atoms with Gasteiger partial charge < -0.3 is 19.9 Å². The molecule has 0 bridgehead atoms. The van der Waals surface area contributed by atoms with Crippen LogP contribution in [-0.4, -0.2) is 72.0 Å². The number of ether oxygens (including phenoxy) is 1. The first-order chi connectivity index (χ1) is 15.9. The van der Waals surface area contributed by atoms with Gasteiger partial charge in [0, 0.05) is 54.9 Å². The van der Waals surface area contributed by atoms with Gasteiger partial charge >= 0.3 is 0 Å². The first kappa shape index (κ1) is 21.9. The molecule has 5 rings (SSSR count). The van der Waals surface area contributed by atoms with E-state index >= 15 is 0 Å². The van der Waals surface area contributed by atoms with Crippen LogP contribution in [0.15, 0.2) is 18.2 Å². The Balaban J connectivity index is 1.41. The number of amides is 2. The van der Waals surface area contributed by atoms with Crippen molar-refractivity contribution in [3.05, 3.63) is 52.1 Å². The van der Waals surface area contributed by atoms with Crippen molar-refractivity contribution in [2.24, 2.45) is 0 Å². The van der Waals surface area contributed by atoms with Gasteiger partial charge in [-0.25, -0.2) is 4.39 Å². The number of anilines is 1. The number of likely N-dealkylation sites (tertiary alicyclic amines) is 1. The number of benzene rings is 1. The fourth-order valence-corrected chi connectivity index (χ4v) is 5.21. The fraction of sp³-hybridized carbons (Fsp3) is 0.440. The molecule has 0 aliphatic carbocycles. The van der Waals surface area contributed by atoms with Crippen molar-refractivity contribution < 1.29 is 18.7 Å². The van der Waals surface area contributed by atoms with E-state index in [1.807, 2.05) is 18.7 Å². The number of aryl methyl sites for hydroxylation is 1. The maximum atomic E-state index is 13.8. The highest BCUT2D eigenvalue weighted by molar-refractivity contribution is 6.34. The zero-order valence-electron chi connectivity index (χ0n) is 19.0. The van der Waals surface area contributed by atoms with E-state index in [1.165, 1.54) is 12.1 Å². The summed E-state index contributed by atoms with van der Waals surface area (Å²) in [7, 11) is 0. The molecule has 2 fully saturated rings. The molecule has 3 aliphatic rings. The molecule has 0 unspecified atom stereocenters. The topological polar surface area (TPSA) is 77.7 Å². The number of hydrogen-bond donors (Lipinski definition) is 2. The summed E-state index contributed by atoms with van der Waals surface area (Å²) in [4.78, 5) is 33.8. The Morgan fingerprint density at radius 3 is 2.82 bits per heavy atom. The Kier molecular flexibility index (Phi) is 5.80. The summed E-state index contributed by atoms with van der Waals surface area (Å²) < 4.78 is 19.2. The third-order valence-corrected chi connectivity index (χ3v) is 6.95. The molecule has 4 heterocycles.